The SMILES string of the molecule is CNc1cc(-c2cccc(CC(C)C)c2)nc(C)n1. The van der Waals surface area contributed by atoms with Gasteiger partial charge in [-0.1, -0.05) is 32.0 Å². The van der Waals surface area contributed by atoms with E-state index < -0.39 is 0 Å². The third kappa shape index (κ3) is 3.53. The summed E-state index contributed by atoms with van der Waals surface area (Å²) in [6, 6.07) is 10.6. The van der Waals surface area contributed by atoms with Crippen molar-refractivity contribution in [3.63, 3.8) is 0 Å². The molecule has 0 spiro atoms. The number of rotatable bonds is 4. The van der Waals surface area contributed by atoms with E-state index in [1.807, 2.05) is 20.0 Å². The van der Waals surface area contributed by atoms with Gasteiger partial charge in [0.1, 0.15) is 11.6 Å². The van der Waals surface area contributed by atoms with Crippen molar-refractivity contribution in [3.05, 3.63) is 41.7 Å². The summed E-state index contributed by atoms with van der Waals surface area (Å²) >= 11 is 0. The van der Waals surface area contributed by atoms with Crippen LogP contribution in [0.15, 0.2) is 30.3 Å². The highest BCUT2D eigenvalue weighted by molar-refractivity contribution is 5.63. The van der Waals surface area contributed by atoms with Crippen LogP contribution in [0, 0.1) is 12.8 Å². The molecule has 1 heterocycles. The van der Waals surface area contributed by atoms with Crippen LogP contribution in [0.1, 0.15) is 25.2 Å². The molecule has 2 rings (SSSR count). The lowest BCUT2D eigenvalue weighted by atomic mass is 10.00. The summed E-state index contributed by atoms with van der Waals surface area (Å²) in [7, 11) is 1.88. The van der Waals surface area contributed by atoms with Gasteiger partial charge >= 0.3 is 0 Å². The molecule has 3 heteroatoms. The molecule has 100 valence electrons. The van der Waals surface area contributed by atoms with E-state index in [2.05, 4.69) is 53.4 Å². The second-order valence-electron chi connectivity index (χ2n) is 5.23. The van der Waals surface area contributed by atoms with Crippen molar-refractivity contribution < 1.29 is 0 Å². The van der Waals surface area contributed by atoms with Crippen LogP contribution in [0.25, 0.3) is 11.3 Å². The minimum absolute atomic E-state index is 0.662. The van der Waals surface area contributed by atoms with Crippen molar-refractivity contribution in [3.8, 4) is 11.3 Å². The maximum absolute atomic E-state index is 4.52. The average Bonchev–Trinajstić information content (AvgIpc) is 2.37. The Morgan fingerprint density at radius 1 is 1.16 bits per heavy atom. The minimum atomic E-state index is 0.662. The van der Waals surface area contributed by atoms with Gasteiger partial charge in [0, 0.05) is 18.7 Å². The molecule has 0 saturated carbocycles. The molecular weight excluding hydrogens is 234 g/mol. The smallest absolute Gasteiger partial charge is 0.130 e. The Labute approximate surface area is 115 Å². The zero-order valence-corrected chi connectivity index (χ0v) is 12.1. The normalized spacial score (nSPS) is 10.8. The van der Waals surface area contributed by atoms with Gasteiger partial charge in [-0.3, -0.25) is 0 Å². The molecule has 3 nitrogen and oxygen atoms in total. The third-order valence-electron chi connectivity index (χ3n) is 2.96. The fraction of sp³-hybridized carbons (Fsp3) is 0.375. The molecule has 0 aliphatic heterocycles. The van der Waals surface area contributed by atoms with Gasteiger partial charge in [0.2, 0.25) is 0 Å². The summed E-state index contributed by atoms with van der Waals surface area (Å²) in [4.78, 5) is 8.85. The monoisotopic (exact) mass is 255 g/mol. The van der Waals surface area contributed by atoms with Crippen LogP contribution in [-0.2, 0) is 6.42 Å². The predicted octanol–water partition coefficient (Wildman–Crippen LogP) is 3.69. The van der Waals surface area contributed by atoms with E-state index in [0.717, 1.165) is 29.3 Å². The number of aromatic nitrogens is 2. The molecule has 0 saturated heterocycles. The zero-order valence-electron chi connectivity index (χ0n) is 12.1. The summed E-state index contributed by atoms with van der Waals surface area (Å²) in [5, 5.41) is 3.07. The lowest BCUT2D eigenvalue weighted by Crippen LogP contribution is -1.99. The van der Waals surface area contributed by atoms with Gasteiger partial charge < -0.3 is 5.32 Å². The molecule has 2 aromatic rings. The van der Waals surface area contributed by atoms with Crippen molar-refractivity contribution in [2.75, 3.05) is 12.4 Å². The summed E-state index contributed by atoms with van der Waals surface area (Å²) in [5.41, 5.74) is 3.48. The second-order valence-corrected chi connectivity index (χ2v) is 5.23. The molecule has 0 atom stereocenters. The third-order valence-corrected chi connectivity index (χ3v) is 2.96. The number of nitrogens with zero attached hydrogens (tertiary/aromatic N) is 2. The molecule has 1 aromatic heterocycles. The minimum Gasteiger partial charge on any atom is -0.373 e. The fourth-order valence-corrected chi connectivity index (χ4v) is 2.17. The number of benzene rings is 1. The Morgan fingerprint density at radius 3 is 2.63 bits per heavy atom. The van der Waals surface area contributed by atoms with Crippen LogP contribution in [-0.4, -0.2) is 17.0 Å². The van der Waals surface area contributed by atoms with Gasteiger partial charge in [-0.05, 0) is 30.9 Å². The Morgan fingerprint density at radius 2 is 1.95 bits per heavy atom. The van der Waals surface area contributed by atoms with Crippen LogP contribution < -0.4 is 5.32 Å². The quantitative estimate of drug-likeness (QED) is 0.905. The Balaban J connectivity index is 2.38. The predicted molar refractivity (Wildman–Crippen MR) is 80.3 cm³/mol. The first-order valence-electron chi connectivity index (χ1n) is 6.71. The highest BCUT2D eigenvalue weighted by atomic mass is 15.0. The fourth-order valence-electron chi connectivity index (χ4n) is 2.17. The number of nitrogens with one attached hydrogen (secondary N) is 1. The first-order valence-corrected chi connectivity index (χ1v) is 6.71. The summed E-state index contributed by atoms with van der Waals surface area (Å²) in [6.07, 6.45) is 1.09. The molecule has 1 N–H and O–H groups in total. The standard InChI is InChI=1S/C16H21N3/c1-11(2)8-13-6-5-7-14(9-13)15-10-16(17-4)19-12(3)18-15/h5-7,9-11H,8H2,1-4H3,(H,17,18,19). The van der Waals surface area contributed by atoms with E-state index >= 15 is 0 Å². The van der Waals surface area contributed by atoms with Gasteiger partial charge in [-0.15, -0.1) is 0 Å². The zero-order chi connectivity index (χ0) is 13.8. The molecule has 19 heavy (non-hydrogen) atoms. The van der Waals surface area contributed by atoms with Gasteiger partial charge in [-0.2, -0.15) is 0 Å². The number of aryl methyl sites for hydroxylation is 1. The Bertz CT molecular complexity index is 562. The van der Waals surface area contributed by atoms with Crippen LogP contribution in [0.2, 0.25) is 0 Å². The van der Waals surface area contributed by atoms with E-state index in [4.69, 9.17) is 0 Å². The maximum atomic E-state index is 4.52. The highest BCUT2D eigenvalue weighted by Gasteiger charge is 2.05. The first kappa shape index (κ1) is 13.5. The van der Waals surface area contributed by atoms with Gasteiger partial charge in [0.15, 0.2) is 0 Å². The summed E-state index contributed by atoms with van der Waals surface area (Å²) in [6.45, 7) is 6.39. The molecule has 0 aliphatic rings. The molecule has 0 bridgehead atoms. The van der Waals surface area contributed by atoms with Gasteiger partial charge in [-0.25, -0.2) is 9.97 Å². The first-order chi connectivity index (χ1) is 9.08. The van der Waals surface area contributed by atoms with Crippen molar-refractivity contribution in [1.82, 2.24) is 9.97 Å². The summed E-state index contributed by atoms with van der Waals surface area (Å²) in [5.74, 6) is 2.31. The molecule has 0 fully saturated rings. The van der Waals surface area contributed by atoms with Crippen molar-refractivity contribution in [1.29, 1.82) is 0 Å². The van der Waals surface area contributed by atoms with E-state index in [1.54, 1.807) is 0 Å². The van der Waals surface area contributed by atoms with Gasteiger partial charge in [0.05, 0.1) is 5.69 Å². The van der Waals surface area contributed by atoms with Crippen molar-refractivity contribution >= 4 is 5.82 Å². The number of hydrogen-bond donors (Lipinski definition) is 1. The largest absolute Gasteiger partial charge is 0.373 e. The van der Waals surface area contributed by atoms with Crippen molar-refractivity contribution in [2.24, 2.45) is 5.92 Å². The van der Waals surface area contributed by atoms with E-state index in [9.17, 15) is 0 Å². The molecule has 0 aliphatic carbocycles. The topological polar surface area (TPSA) is 37.8 Å². The van der Waals surface area contributed by atoms with Crippen molar-refractivity contribution in [2.45, 2.75) is 27.2 Å². The number of anilines is 1. The van der Waals surface area contributed by atoms with Gasteiger partial charge in [0.25, 0.3) is 0 Å². The van der Waals surface area contributed by atoms with Crippen LogP contribution in [0.5, 0.6) is 0 Å². The molecule has 0 amide bonds. The lowest BCUT2D eigenvalue weighted by molar-refractivity contribution is 0.647. The van der Waals surface area contributed by atoms with Crippen LogP contribution >= 0.6 is 0 Å². The van der Waals surface area contributed by atoms with E-state index in [-0.39, 0.29) is 0 Å². The van der Waals surface area contributed by atoms with E-state index in [1.165, 1.54) is 5.56 Å². The highest BCUT2D eigenvalue weighted by Crippen LogP contribution is 2.22. The van der Waals surface area contributed by atoms with Crippen LogP contribution in [0.3, 0.4) is 0 Å². The maximum Gasteiger partial charge on any atom is 0.130 e. The average molecular weight is 255 g/mol. The van der Waals surface area contributed by atoms with E-state index in [0.29, 0.717) is 5.92 Å². The second kappa shape index (κ2) is 5.83. The lowest BCUT2D eigenvalue weighted by Gasteiger charge is -2.09. The molecular formula is C16H21N3. The molecule has 0 radical (unpaired) electrons. The molecule has 0 unspecified atom stereocenters. The Hall–Kier alpha value is -1.90. The number of hydrogen-bond acceptors (Lipinski definition) is 3. The molecule has 1 aromatic carbocycles. The van der Waals surface area contributed by atoms with Crippen LogP contribution in [0.4, 0.5) is 5.82 Å². The Kier molecular flexibility index (Phi) is 4.15. The summed E-state index contributed by atoms with van der Waals surface area (Å²) < 4.78 is 0.